The molecule has 0 spiro atoms. The molecule has 170 valence electrons. The molecule has 0 atom stereocenters. The molecule has 0 unspecified atom stereocenters. The van der Waals surface area contributed by atoms with Gasteiger partial charge in [-0.1, -0.05) is 30.3 Å². The maximum absolute atomic E-state index is 12.4. The highest BCUT2D eigenvalue weighted by atomic mass is 16.6. The third-order valence-corrected chi connectivity index (χ3v) is 4.33. The van der Waals surface area contributed by atoms with E-state index in [2.05, 4.69) is 20.8 Å². The van der Waals surface area contributed by atoms with Crippen LogP contribution in [-0.2, 0) is 28.0 Å². The van der Waals surface area contributed by atoms with Crippen molar-refractivity contribution in [1.29, 1.82) is 0 Å². The summed E-state index contributed by atoms with van der Waals surface area (Å²) in [6.07, 6.45) is 0.273. The van der Waals surface area contributed by atoms with Gasteiger partial charge in [-0.3, -0.25) is 9.69 Å². The number of hydrogen-bond donors (Lipinski definition) is 2. The fraction of sp³-hybridized carbons (Fsp3) is 0.545. The molecule has 0 aliphatic heterocycles. The van der Waals surface area contributed by atoms with Crippen LogP contribution in [0.2, 0.25) is 0 Å². The van der Waals surface area contributed by atoms with E-state index in [0.29, 0.717) is 18.3 Å². The standard InChI is InChI=1S/C22H33N5O4/c1-8-15-11-9-10-12-16(15)23-17(28)13-27(7)14-18-24-19(26-31-18)22(5,6)25-20(29)30-21(2,3)4/h9-12H,8,13-14H2,1-7H3,(H,23,28)(H,25,29). The fourth-order valence-corrected chi connectivity index (χ4v) is 2.86. The molecule has 0 fully saturated rings. The van der Waals surface area contributed by atoms with Gasteiger partial charge in [-0.25, -0.2) is 4.79 Å². The number of hydrogen-bond acceptors (Lipinski definition) is 7. The van der Waals surface area contributed by atoms with Crippen LogP contribution in [0.25, 0.3) is 0 Å². The zero-order valence-electron chi connectivity index (χ0n) is 19.4. The number of carbonyl (C=O) groups is 2. The highest BCUT2D eigenvalue weighted by molar-refractivity contribution is 5.92. The SMILES string of the molecule is CCc1ccccc1NC(=O)CN(C)Cc1nc(C(C)(C)NC(=O)OC(C)(C)C)no1. The van der Waals surface area contributed by atoms with Gasteiger partial charge in [-0.05, 0) is 59.7 Å². The van der Waals surface area contributed by atoms with Crippen molar-refractivity contribution in [2.45, 2.75) is 65.6 Å². The van der Waals surface area contributed by atoms with Crippen molar-refractivity contribution in [3.05, 3.63) is 41.5 Å². The minimum absolute atomic E-state index is 0.130. The van der Waals surface area contributed by atoms with Gasteiger partial charge >= 0.3 is 6.09 Å². The Morgan fingerprint density at radius 2 is 1.84 bits per heavy atom. The number of nitrogens with one attached hydrogen (secondary N) is 2. The number of nitrogens with zero attached hydrogens (tertiary/aromatic N) is 3. The molecule has 0 radical (unpaired) electrons. The summed E-state index contributed by atoms with van der Waals surface area (Å²) >= 11 is 0. The number of anilines is 1. The number of alkyl carbamates (subject to hydrolysis) is 1. The third-order valence-electron chi connectivity index (χ3n) is 4.33. The number of aryl methyl sites for hydroxylation is 1. The largest absolute Gasteiger partial charge is 0.444 e. The number of benzene rings is 1. The number of likely N-dealkylation sites (N-methyl/N-ethyl adjacent to an activating group) is 1. The van der Waals surface area contributed by atoms with Crippen molar-refractivity contribution in [1.82, 2.24) is 20.4 Å². The molecule has 9 heteroatoms. The molecule has 1 heterocycles. The Kier molecular flexibility index (Phi) is 7.78. The number of carbonyl (C=O) groups excluding carboxylic acids is 2. The Hall–Kier alpha value is -2.94. The lowest BCUT2D eigenvalue weighted by Crippen LogP contribution is -2.44. The van der Waals surface area contributed by atoms with Crippen molar-refractivity contribution in [2.24, 2.45) is 0 Å². The molecule has 2 N–H and O–H groups in total. The summed E-state index contributed by atoms with van der Waals surface area (Å²) in [5, 5.41) is 9.66. The van der Waals surface area contributed by atoms with Gasteiger partial charge in [-0.15, -0.1) is 0 Å². The van der Waals surface area contributed by atoms with Crippen LogP contribution in [0.3, 0.4) is 0 Å². The first-order chi connectivity index (χ1) is 14.4. The molecule has 0 bridgehead atoms. The van der Waals surface area contributed by atoms with Crippen LogP contribution in [0.5, 0.6) is 0 Å². The van der Waals surface area contributed by atoms with Gasteiger partial charge < -0.3 is 19.9 Å². The van der Waals surface area contributed by atoms with Crippen LogP contribution in [0.4, 0.5) is 10.5 Å². The zero-order valence-corrected chi connectivity index (χ0v) is 19.4. The monoisotopic (exact) mass is 431 g/mol. The normalized spacial score (nSPS) is 12.0. The summed E-state index contributed by atoms with van der Waals surface area (Å²) in [5.74, 6) is 0.538. The summed E-state index contributed by atoms with van der Waals surface area (Å²) in [6.45, 7) is 11.4. The molecule has 2 aromatic rings. The molecule has 31 heavy (non-hydrogen) atoms. The first-order valence-electron chi connectivity index (χ1n) is 10.3. The molecule has 0 saturated heterocycles. The van der Waals surface area contributed by atoms with Crippen molar-refractivity contribution in [2.75, 3.05) is 18.9 Å². The summed E-state index contributed by atoms with van der Waals surface area (Å²) in [5.41, 5.74) is 0.408. The molecule has 9 nitrogen and oxygen atoms in total. The molecular weight excluding hydrogens is 398 g/mol. The summed E-state index contributed by atoms with van der Waals surface area (Å²) in [4.78, 5) is 30.6. The lowest BCUT2D eigenvalue weighted by molar-refractivity contribution is -0.117. The van der Waals surface area contributed by atoms with Gasteiger partial charge in [0.15, 0.2) is 5.82 Å². The first-order valence-corrected chi connectivity index (χ1v) is 10.3. The van der Waals surface area contributed by atoms with Crippen LogP contribution >= 0.6 is 0 Å². The van der Waals surface area contributed by atoms with Crippen molar-refractivity contribution in [3.63, 3.8) is 0 Å². The highest BCUT2D eigenvalue weighted by Crippen LogP contribution is 2.19. The quantitative estimate of drug-likeness (QED) is 0.659. The van der Waals surface area contributed by atoms with Gasteiger partial charge in [0.2, 0.25) is 11.8 Å². The van der Waals surface area contributed by atoms with Crippen molar-refractivity contribution < 1.29 is 18.8 Å². The number of para-hydroxylation sites is 1. The Morgan fingerprint density at radius 3 is 2.48 bits per heavy atom. The summed E-state index contributed by atoms with van der Waals surface area (Å²) < 4.78 is 10.6. The van der Waals surface area contributed by atoms with Gasteiger partial charge in [0, 0.05) is 5.69 Å². The molecule has 2 rings (SSSR count). The first kappa shape index (κ1) is 24.3. The molecule has 1 aromatic heterocycles. The smallest absolute Gasteiger partial charge is 0.408 e. The lowest BCUT2D eigenvalue weighted by Gasteiger charge is -2.26. The second-order valence-electron chi connectivity index (χ2n) is 8.99. The summed E-state index contributed by atoms with van der Waals surface area (Å²) in [6, 6.07) is 7.73. The van der Waals surface area contributed by atoms with E-state index in [0.717, 1.165) is 17.7 Å². The van der Waals surface area contributed by atoms with Gasteiger partial charge in [0.25, 0.3) is 0 Å². The molecular formula is C22H33N5O4. The van der Waals surface area contributed by atoms with Crippen molar-refractivity contribution in [3.8, 4) is 0 Å². The average molecular weight is 432 g/mol. The van der Waals surface area contributed by atoms with Crippen LogP contribution < -0.4 is 10.6 Å². The number of rotatable bonds is 8. The molecule has 1 aromatic carbocycles. The van der Waals surface area contributed by atoms with E-state index < -0.39 is 17.2 Å². The predicted molar refractivity (Wildman–Crippen MR) is 117 cm³/mol. The average Bonchev–Trinajstić information content (AvgIpc) is 3.09. The van der Waals surface area contributed by atoms with Crippen LogP contribution in [0.1, 0.15) is 58.8 Å². The van der Waals surface area contributed by atoms with E-state index in [1.165, 1.54) is 0 Å². The minimum atomic E-state index is -0.885. The van der Waals surface area contributed by atoms with Crippen LogP contribution in [-0.4, -0.2) is 46.2 Å². The molecule has 0 aliphatic rings. The van der Waals surface area contributed by atoms with Crippen LogP contribution in [0.15, 0.2) is 28.8 Å². The second kappa shape index (κ2) is 9.91. The van der Waals surface area contributed by atoms with E-state index in [1.807, 2.05) is 31.2 Å². The van der Waals surface area contributed by atoms with Gasteiger partial charge in [0.1, 0.15) is 11.1 Å². The second-order valence-corrected chi connectivity index (χ2v) is 8.99. The van der Waals surface area contributed by atoms with E-state index >= 15 is 0 Å². The zero-order chi connectivity index (χ0) is 23.2. The van der Waals surface area contributed by atoms with E-state index in [-0.39, 0.29) is 12.5 Å². The third kappa shape index (κ3) is 7.67. The van der Waals surface area contributed by atoms with Crippen LogP contribution in [0, 0.1) is 0 Å². The molecule has 0 aliphatic carbocycles. The van der Waals surface area contributed by atoms with E-state index in [4.69, 9.17) is 9.26 Å². The predicted octanol–water partition coefficient (Wildman–Crippen LogP) is 3.46. The molecule has 0 saturated carbocycles. The Bertz CT molecular complexity index is 901. The maximum Gasteiger partial charge on any atom is 0.408 e. The Labute approximate surface area is 183 Å². The summed E-state index contributed by atoms with van der Waals surface area (Å²) in [7, 11) is 1.79. The minimum Gasteiger partial charge on any atom is -0.444 e. The number of ether oxygens (including phenoxy) is 1. The number of amides is 2. The lowest BCUT2D eigenvalue weighted by atomic mass is 10.1. The van der Waals surface area contributed by atoms with Gasteiger partial charge in [0.05, 0.1) is 13.1 Å². The molecule has 2 amide bonds. The van der Waals surface area contributed by atoms with Gasteiger partial charge in [-0.2, -0.15) is 4.98 Å². The maximum atomic E-state index is 12.4. The topological polar surface area (TPSA) is 110 Å². The van der Waals surface area contributed by atoms with E-state index in [1.54, 1.807) is 46.6 Å². The number of aromatic nitrogens is 2. The van der Waals surface area contributed by atoms with E-state index in [9.17, 15) is 9.59 Å². The highest BCUT2D eigenvalue weighted by Gasteiger charge is 2.31. The Morgan fingerprint density at radius 1 is 1.16 bits per heavy atom. The Balaban J connectivity index is 1.92. The van der Waals surface area contributed by atoms with Crippen molar-refractivity contribution >= 4 is 17.7 Å². The fourth-order valence-electron chi connectivity index (χ4n) is 2.86.